The van der Waals surface area contributed by atoms with Crippen LogP contribution in [0.3, 0.4) is 0 Å². The zero-order valence-corrected chi connectivity index (χ0v) is 15.2. The van der Waals surface area contributed by atoms with Crippen LogP contribution in [-0.2, 0) is 20.7 Å². The van der Waals surface area contributed by atoms with Crippen LogP contribution in [-0.4, -0.2) is 30.5 Å². The third kappa shape index (κ3) is 4.32. The van der Waals surface area contributed by atoms with E-state index in [4.69, 9.17) is 9.72 Å². The van der Waals surface area contributed by atoms with Crippen LogP contribution >= 0.6 is 22.7 Å². The van der Waals surface area contributed by atoms with Crippen molar-refractivity contribution in [3.63, 3.8) is 0 Å². The fourth-order valence-corrected chi connectivity index (χ4v) is 4.05. The number of amides is 1. The summed E-state index contributed by atoms with van der Waals surface area (Å²) in [4.78, 5) is 29.9. The molecular weight excluding hydrogens is 356 g/mol. The summed E-state index contributed by atoms with van der Waals surface area (Å²) in [5.74, 6) is -0.772. The van der Waals surface area contributed by atoms with Crippen LogP contribution in [0.1, 0.15) is 4.88 Å². The van der Waals surface area contributed by atoms with Crippen LogP contribution < -0.4 is 5.32 Å². The number of nitrogens with one attached hydrogen (secondary N) is 1. The van der Waals surface area contributed by atoms with Crippen LogP contribution in [0.15, 0.2) is 47.8 Å². The summed E-state index contributed by atoms with van der Waals surface area (Å²) in [5.41, 5.74) is 1.81. The van der Waals surface area contributed by atoms with Crippen molar-refractivity contribution in [2.45, 2.75) is 6.42 Å². The minimum absolute atomic E-state index is 0.0920. The fraction of sp³-hybridized carbons (Fsp3) is 0.167. The Kier molecular flexibility index (Phi) is 5.57. The fourth-order valence-electron chi connectivity index (χ4n) is 2.18. The highest BCUT2D eigenvalue weighted by molar-refractivity contribution is 7.17. The number of likely N-dealkylation sites (N-methyl/N-ethyl adjacent to an activating group) is 1. The Hall–Kier alpha value is -2.51. The zero-order chi connectivity index (χ0) is 17.6. The molecule has 25 heavy (non-hydrogen) atoms. The Bertz CT molecular complexity index is 858. The lowest BCUT2D eigenvalue weighted by molar-refractivity contribution is -0.147. The molecule has 0 spiro atoms. The average Bonchev–Trinajstić information content (AvgIpc) is 3.30. The highest BCUT2D eigenvalue weighted by Crippen LogP contribution is 2.36. The van der Waals surface area contributed by atoms with E-state index in [0.717, 1.165) is 26.0 Å². The van der Waals surface area contributed by atoms with Crippen molar-refractivity contribution in [3.8, 4) is 21.1 Å². The van der Waals surface area contributed by atoms with Gasteiger partial charge in [-0.1, -0.05) is 36.4 Å². The molecule has 0 atom stereocenters. The molecule has 0 aliphatic carbocycles. The van der Waals surface area contributed by atoms with Gasteiger partial charge in [0.25, 0.3) is 5.91 Å². The van der Waals surface area contributed by atoms with E-state index in [1.165, 1.54) is 18.4 Å². The Morgan fingerprint density at radius 1 is 1.16 bits per heavy atom. The third-order valence-corrected chi connectivity index (χ3v) is 5.40. The first-order valence-corrected chi connectivity index (χ1v) is 9.32. The Balaban J connectivity index is 1.85. The molecule has 0 saturated heterocycles. The molecule has 2 aromatic heterocycles. The number of aromatic nitrogens is 1. The van der Waals surface area contributed by atoms with E-state index in [-0.39, 0.29) is 18.9 Å². The van der Waals surface area contributed by atoms with E-state index in [0.29, 0.717) is 0 Å². The molecule has 0 aliphatic rings. The number of thiazole rings is 1. The second-order valence-electron chi connectivity index (χ2n) is 5.14. The van der Waals surface area contributed by atoms with Crippen molar-refractivity contribution in [2.24, 2.45) is 0 Å². The number of esters is 1. The summed E-state index contributed by atoms with van der Waals surface area (Å²) in [7, 11) is 1.50. The van der Waals surface area contributed by atoms with E-state index in [1.54, 1.807) is 11.3 Å². The zero-order valence-electron chi connectivity index (χ0n) is 13.5. The van der Waals surface area contributed by atoms with E-state index >= 15 is 0 Å². The lowest BCUT2D eigenvalue weighted by Crippen LogP contribution is -2.25. The van der Waals surface area contributed by atoms with Crippen molar-refractivity contribution in [3.05, 3.63) is 52.7 Å². The quantitative estimate of drug-likeness (QED) is 0.674. The molecule has 0 bridgehead atoms. The van der Waals surface area contributed by atoms with Crippen molar-refractivity contribution in [1.82, 2.24) is 10.3 Å². The van der Waals surface area contributed by atoms with Gasteiger partial charge in [-0.05, 0) is 11.4 Å². The van der Waals surface area contributed by atoms with Gasteiger partial charge in [0.05, 0.1) is 17.0 Å². The van der Waals surface area contributed by atoms with Crippen molar-refractivity contribution >= 4 is 34.6 Å². The van der Waals surface area contributed by atoms with Crippen LogP contribution in [0.4, 0.5) is 0 Å². The predicted octanol–water partition coefficient (Wildman–Crippen LogP) is 3.37. The molecule has 0 aliphatic heterocycles. The number of ether oxygens (including phenoxy) is 1. The molecule has 3 aromatic rings. The SMILES string of the molecule is CNC(=O)COC(=O)Cc1sc(-c2ccccc2)nc1-c1cccs1. The molecular formula is C18H16N2O3S2. The van der Waals surface area contributed by atoms with E-state index < -0.39 is 5.97 Å². The molecule has 1 N–H and O–H groups in total. The molecule has 5 nitrogen and oxygen atoms in total. The summed E-state index contributed by atoms with van der Waals surface area (Å²) >= 11 is 3.05. The average molecular weight is 372 g/mol. The molecule has 7 heteroatoms. The summed E-state index contributed by atoms with van der Waals surface area (Å²) in [6.07, 6.45) is 0.0920. The van der Waals surface area contributed by atoms with E-state index in [9.17, 15) is 9.59 Å². The van der Waals surface area contributed by atoms with E-state index in [1.807, 2.05) is 47.8 Å². The first-order valence-electron chi connectivity index (χ1n) is 7.62. The van der Waals surface area contributed by atoms with Crippen molar-refractivity contribution in [2.75, 3.05) is 13.7 Å². The number of thiophene rings is 1. The molecule has 0 saturated carbocycles. The first kappa shape index (κ1) is 17.3. The second-order valence-corrected chi connectivity index (χ2v) is 7.18. The van der Waals surface area contributed by atoms with Gasteiger partial charge in [0, 0.05) is 17.5 Å². The minimum atomic E-state index is -0.440. The lowest BCUT2D eigenvalue weighted by atomic mass is 10.2. The molecule has 128 valence electrons. The predicted molar refractivity (Wildman–Crippen MR) is 99.6 cm³/mol. The summed E-state index contributed by atoms with van der Waals surface area (Å²) in [6, 6.07) is 13.8. The van der Waals surface area contributed by atoms with Crippen LogP contribution in [0, 0.1) is 0 Å². The van der Waals surface area contributed by atoms with Gasteiger partial charge in [0.2, 0.25) is 0 Å². The number of carbonyl (C=O) groups is 2. The highest BCUT2D eigenvalue weighted by Gasteiger charge is 2.18. The van der Waals surface area contributed by atoms with Gasteiger partial charge in [-0.3, -0.25) is 9.59 Å². The number of carbonyl (C=O) groups excluding carboxylic acids is 2. The molecule has 3 rings (SSSR count). The number of benzene rings is 1. The van der Waals surface area contributed by atoms with Gasteiger partial charge < -0.3 is 10.1 Å². The summed E-state index contributed by atoms with van der Waals surface area (Å²) < 4.78 is 5.02. The molecule has 2 heterocycles. The monoisotopic (exact) mass is 372 g/mol. The van der Waals surface area contributed by atoms with Crippen molar-refractivity contribution in [1.29, 1.82) is 0 Å². The smallest absolute Gasteiger partial charge is 0.311 e. The van der Waals surface area contributed by atoms with Crippen molar-refractivity contribution < 1.29 is 14.3 Å². The molecule has 1 amide bonds. The molecule has 0 fully saturated rings. The van der Waals surface area contributed by atoms with Gasteiger partial charge >= 0.3 is 5.97 Å². The topological polar surface area (TPSA) is 68.3 Å². The van der Waals surface area contributed by atoms with Gasteiger partial charge in [-0.2, -0.15) is 0 Å². The largest absolute Gasteiger partial charge is 0.455 e. The minimum Gasteiger partial charge on any atom is -0.455 e. The Labute approximate surface area is 153 Å². The molecule has 1 aromatic carbocycles. The molecule has 0 unspecified atom stereocenters. The normalized spacial score (nSPS) is 10.4. The third-order valence-electron chi connectivity index (χ3n) is 3.42. The van der Waals surface area contributed by atoms with Crippen LogP contribution in [0.5, 0.6) is 0 Å². The van der Waals surface area contributed by atoms with Crippen LogP contribution in [0.25, 0.3) is 21.1 Å². The van der Waals surface area contributed by atoms with Gasteiger partial charge in [-0.15, -0.1) is 22.7 Å². The molecule has 0 radical (unpaired) electrons. The number of nitrogens with zero attached hydrogens (tertiary/aromatic N) is 1. The van der Waals surface area contributed by atoms with Gasteiger partial charge in [0.1, 0.15) is 5.01 Å². The van der Waals surface area contributed by atoms with E-state index in [2.05, 4.69) is 5.32 Å². The van der Waals surface area contributed by atoms with Crippen LogP contribution in [0.2, 0.25) is 0 Å². The lowest BCUT2D eigenvalue weighted by Gasteiger charge is -2.03. The number of hydrogen-bond acceptors (Lipinski definition) is 6. The number of rotatable bonds is 6. The summed E-state index contributed by atoms with van der Waals surface area (Å²) in [6.45, 7) is -0.270. The highest BCUT2D eigenvalue weighted by atomic mass is 32.1. The maximum absolute atomic E-state index is 12.1. The number of hydrogen-bond donors (Lipinski definition) is 1. The second kappa shape index (κ2) is 8.04. The standard InChI is InChI=1S/C18H16N2O3S2/c1-19-15(21)11-23-16(22)10-14-17(13-8-5-9-24-13)20-18(25-14)12-6-3-2-4-7-12/h2-9H,10-11H2,1H3,(H,19,21). The maximum Gasteiger partial charge on any atom is 0.311 e. The van der Waals surface area contributed by atoms with Gasteiger partial charge in [-0.25, -0.2) is 4.98 Å². The van der Waals surface area contributed by atoms with Gasteiger partial charge in [0.15, 0.2) is 6.61 Å². The summed E-state index contributed by atoms with van der Waals surface area (Å²) in [5, 5.41) is 5.26. The Morgan fingerprint density at radius 2 is 1.96 bits per heavy atom. The Morgan fingerprint density at radius 3 is 2.64 bits per heavy atom. The maximum atomic E-state index is 12.1. The first-order chi connectivity index (χ1) is 12.2.